The van der Waals surface area contributed by atoms with E-state index in [2.05, 4.69) is 10.6 Å². The van der Waals surface area contributed by atoms with Gasteiger partial charge in [-0.25, -0.2) is 8.78 Å². The lowest BCUT2D eigenvalue weighted by Crippen LogP contribution is -2.16. The van der Waals surface area contributed by atoms with Gasteiger partial charge < -0.3 is 15.1 Å². The van der Waals surface area contributed by atoms with E-state index in [-0.39, 0.29) is 17.1 Å². The Labute approximate surface area is 147 Å². The first-order chi connectivity index (χ1) is 12.5. The van der Waals surface area contributed by atoms with Crippen LogP contribution in [0.2, 0.25) is 0 Å². The minimum atomic E-state index is -1.09. The Morgan fingerprint density at radius 1 is 1.04 bits per heavy atom. The average molecular weight is 356 g/mol. The first-order valence-corrected chi connectivity index (χ1v) is 7.71. The highest BCUT2D eigenvalue weighted by Crippen LogP contribution is 2.31. The summed E-state index contributed by atoms with van der Waals surface area (Å²) >= 11 is 0. The second kappa shape index (κ2) is 7.18. The van der Waals surface area contributed by atoms with Crippen molar-refractivity contribution in [3.63, 3.8) is 0 Å². The number of rotatable bonds is 4. The van der Waals surface area contributed by atoms with Crippen LogP contribution in [-0.2, 0) is 4.79 Å². The fourth-order valence-corrected chi connectivity index (χ4v) is 2.41. The highest BCUT2D eigenvalue weighted by atomic mass is 19.2. The molecule has 26 heavy (non-hydrogen) atoms. The SMILES string of the molecule is CC=CC(=O)Nc1c(C(=O)Nc2ccc(F)c(F)c2)oc2ccccc12. The van der Waals surface area contributed by atoms with Crippen molar-refractivity contribution in [3.8, 4) is 0 Å². The largest absolute Gasteiger partial charge is 0.449 e. The lowest BCUT2D eigenvalue weighted by molar-refractivity contribution is -0.111. The van der Waals surface area contributed by atoms with Crippen LogP contribution in [0.1, 0.15) is 17.5 Å². The molecular weight excluding hydrogens is 342 g/mol. The molecule has 0 aliphatic rings. The fourth-order valence-electron chi connectivity index (χ4n) is 2.41. The number of carbonyl (C=O) groups is 2. The van der Waals surface area contributed by atoms with Crippen molar-refractivity contribution in [3.05, 3.63) is 72.0 Å². The maximum atomic E-state index is 13.3. The summed E-state index contributed by atoms with van der Waals surface area (Å²) in [5.41, 5.74) is 0.655. The summed E-state index contributed by atoms with van der Waals surface area (Å²) in [6.45, 7) is 1.68. The van der Waals surface area contributed by atoms with Crippen LogP contribution in [0.15, 0.2) is 59.0 Å². The van der Waals surface area contributed by atoms with Gasteiger partial charge in [0.15, 0.2) is 11.6 Å². The molecule has 3 rings (SSSR count). The molecule has 0 atom stereocenters. The number of para-hydroxylation sites is 1. The summed E-state index contributed by atoms with van der Waals surface area (Å²) < 4.78 is 31.9. The van der Waals surface area contributed by atoms with Crippen LogP contribution in [-0.4, -0.2) is 11.8 Å². The zero-order valence-electron chi connectivity index (χ0n) is 13.7. The first kappa shape index (κ1) is 17.3. The van der Waals surface area contributed by atoms with Crippen LogP contribution in [0.25, 0.3) is 11.0 Å². The number of anilines is 2. The fraction of sp³-hybridized carbons (Fsp3) is 0.0526. The molecule has 1 heterocycles. The Bertz CT molecular complexity index is 1020. The number of amides is 2. The van der Waals surface area contributed by atoms with Crippen LogP contribution in [0.3, 0.4) is 0 Å². The summed E-state index contributed by atoms with van der Waals surface area (Å²) in [4.78, 5) is 24.5. The van der Waals surface area contributed by atoms with Crippen molar-refractivity contribution in [2.75, 3.05) is 10.6 Å². The van der Waals surface area contributed by atoms with Crippen LogP contribution in [0.5, 0.6) is 0 Å². The van der Waals surface area contributed by atoms with Gasteiger partial charge in [-0.15, -0.1) is 0 Å². The predicted molar refractivity (Wildman–Crippen MR) is 94.0 cm³/mol. The Morgan fingerprint density at radius 3 is 2.54 bits per heavy atom. The minimum absolute atomic E-state index is 0.0556. The highest BCUT2D eigenvalue weighted by molar-refractivity contribution is 6.15. The number of furan rings is 1. The van der Waals surface area contributed by atoms with Gasteiger partial charge in [0.05, 0.1) is 0 Å². The molecule has 0 aliphatic heterocycles. The molecule has 0 bridgehead atoms. The lowest BCUT2D eigenvalue weighted by Gasteiger charge is -2.06. The Balaban J connectivity index is 1.98. The van der Waals surface area contributed by atoms with Crippen molar-refractivity contribution in [1.29, 1.82) is 0 Å². The molecule has 3 aromatic rings. The van der Waals surface area contributed by atoms with E-state index in [4.69, 9.17) is 4.42 Å². The van der Waals surface area contributed by atoms with Gasteiger partial charge in [-0.2, -0.15) is 0 Å². The summed E-state index contributed by atoms with van der Waals surface area (Å²) in [5, 5.41) is 5.57. The average Bonchev–Trinajstić information content (AvgIpc) is 2.97. The molecule has 0 spiro atoms. The highest BCUT2D eigenvalue weighted by Gasteiger charge is 2.22. The molecule has 0 saturated heterocycles. The Hall–Kier alpha value is -3.48. The maximum absolute atomic E-state index is 13.3. The van der Waals surface area contributed by atoms with Crippen LogP contribution in [0, 0.1) is 11.6 Å². The lowest BCUT2D eigenvalue weighted by atomic mass is 10.2. The smallest absolute Gasteiger partial charge is 0.293 e. The van der Waals surface area contributed by atoms with E-state index in [1.807, 2.05) is 0 Å². The number of nitrogens with one attached hydrogen (secondary N) is 2. The van der Waals surface area contributed by atoms with Gasteiger partial charge in [0.25, 0.3) is 5.91 Å². The number of hydrogen-bond donors (Lipinski definition) is 2. The summed E-state index contributed by atoms with van der Waals surface area (Å²) in [7, 11) is 0. The van der Waals surface area contributed by atoms with Gasteiger partial charge in [0.2, 0.25) is 11.7 Å². The van der Waals surface area contributed by atoms with E-state index in [0.717, 1.165) is 12.1 Å². The third-order valence-corrected chi connectivity index (χ3v) is 3.55. The molecule has 1 aromatic heterocycles. The molecule has 0 aliphatic carbocycles. The molecular formula is C19H14F2N2O3. The minimum Gasteiger partial charge on any atom is -0.449 e. The maximum Gasteiger partial charge on any atom is 0.293 e. The van der Waals surface area contributed by atoms with E-state index >= 15 is 0 Å². The van der Waals surface area contributed by atoms with Gasteiger partial charge in [0.1, 0.15) is 11.3 Å². The molecule has 0 saturated carbocycles. The van der Waals surface area contributed by atoms with E-state index in [9.17, 15) is 18.4 Å². The van der Waals surface area contributed by atoms with Gasteiger partial charge in [-0.1, -0.05) is 18.2 Å². The molecule has 132 valence electrons. The second-order valence-corrected chi connectivity index (χ2v) is 5.37. The first-order valence-electron chi connectivity index (χ1n) is 7.71. The standard InChI is InChI=1S/C19H14F2N2O3/c1-2-5-16(24)23-17-12-6-3-4-7-15(12)26-18(17)19(25)22-11-8-9-13(20)14(21)10-11/h2-10H,1H3,(H,22,25)(H,23,24). The molecule has 0 unspecified atom stereocenters. The number of fused-ring (bicyclic) bond motifs is 1. The number of carbonyl (C=O) groups excluding carboxylic acids is 2. The molecule has 0 fully saturated rings. The topological polar surface area (TPSA) is 71.3 Å². The summed E-state index contributed by atoms with van der Waals surface area (Å²) in [6.07, 6.45) is 2.86. The van der Waals surface area contributed by atoms with Crippen molar-refractivity contribution < 1.29 is 22.8 Å². The van der Waals surface area contributed by atoms with Crippen LogP contribution >= 0.6 is 0 Å². The molecule has 2 aromatic carbocycles. The van der Waals surface area contributed by atoms with E-state index in [1.165, 1.54) is 12.1 Å². The number of halogens is 2. The van der Waals surface area contributed by atoms with Gasteiger partial charge in [-0.3, -0.25) is 9.59 Å². The van der Waals surface area contributed by atoms with Crippen molar-refractivity contribution in [2.24, 2.45) is 0 Å². The Kier molecular flexibility index (Phi) is 4.79. The normalized spacial score (nSPS) is 11.0. The number of hydrogen-bond acceptors (Lipinski definition) is 3. The second-order valence-electron chi connectivity index (χ2n) is 5.37. The zero-order valence-corrected chi connectivity index (χ0v) is 13.7. The molecule has 7 heteroatoms. The molecule has 5 nitrogen and oxygen atoms in total. The molecule has 0 radical (unpaired) electrons. The summed E-state index contributed by atoms with van der Waals surface area (Å²) in [6, 6.07) is 9.78. The molecule has 2 amide bonds. The van der Waals surface area contributed by atoms with Gasteiger partial charge in [-0.05, 0) is 37.3 Å². The molecule has 2 N–H and O–H groups in total. The predicted octanol–water partition coefficient (Wildman–Crippen LogP) is 4.48. The zero-order chi connectivity index (χ0) is 18.7. The van der Waals surface area contributed by atoms with E-state index in [0.29, 0.717) is 11.0 Å². The number of benzene rings is 2. The van der Waals surface area contributed by atoms with E-state index < -0.39 is 23.4 Å². The van der Waals surface area contributed by atoms with E-state index in [1.54, 1.807) is 37.3 Å². The summed E-state index contributed by atoms with van der Waals surface area (Å²) in [5.74, 6) is -3.39. The van der Waals surface area contributed by atoms with Crippen molar-refractivity contribution in [1.82, 2.24) is 0 Å². The van der Waals surface area contributed by atoms with Crippen molar-refractivity contribution >= 4 is 34.2 Å². The van der Waals surface area contributed by atoms with Gasteiger partial charge >= 0.3 is 0 Å². The third kappa shape index (κ3) is 3.46. The van der Waals surface area contributed by atoms with Crippen molar-refractivity contribution in [2.45, 2.75) is 6.92 Å². The van der Waals surface area contributed by atoms with Crippen LogP contribution in [0.4, 0.5) is 20.2 Å². The quantitative estimate of drug-likeness (QED) is 0.677. The van der Waals surface area contributed by atoms with Crippen LogP contribution < -0.4 is 10.6 Å². The Morgan fingerprint density at radius 2 is 1.81 bits per heavy atom. The third-order valence-electron chi connectivity index (χ3n) is 3.55. The van der Waals surface area contributed by atoms with Gasteiger partial charge in [0, 0.05) is 17.1 Å². The monoisotopic (exact) mass is 356 g/mol. The number of allylic oxidation sites excluding steroid dienone is 1.